The number of aliphatic hydroxyl groups excluding tert-OH is 1. The second-order valence-corrected chi connectivity index (χ2v) is 4.22. The number of nitrogens with one attached hydrogen (secondary N) is 1. The molecule has 0 heterocycles. The third kappa shape index (κ3) is 4.75. The Bertz CT molecular complexity index is 346. The fourth-order valence-corrected chi connectivity index (χ4v) is 1.39. The van der Waals surface area contributed by atoms with Gasteiger partial charge in [-0.3, -0.25) is 5.32 Å². The van der Waals surface area contributed by atoms with Gasteiger partial charge in [-0.1, -0.05) is 38.1 Å². The van der Waals surface area contributed by atoms with Crippen LogP contribution in [0.3, 0.4) is 0 Å². The summed E-state index contributed by atoms with van der Waals surface area (Å²) in [6, 6.07) is 6.86. The van der Waals surface area contributed by atoms with Crippen LogP contribution in [0, 0.1) is 0 Å². The number of alkyl halides is 3. The van der Waals surface area contributed by atoms with Gasteiger partial charge >= 0.3 is 6.18 Å². The van der Waals surface area contributed by atoms with E-state index in [1.807, 2.05) is 19.2 Å². The van der Waals surface area contributed by atoms with E-state index >= 15 is 0 Å². The molecule has 0 aliphatic rings. The predicted molar refractivity (Wildman–Crippen MR) is 59.5 cm³/mol. The van der Waals surface area contributed by atoms with Gasteiger partial charge in [0.2, 0.25) is 0 Å². The zero-order valence-corrected chi connectivity index (χ0v) is 9.75. The number of hydrogen-bond donors (Lipinski definition) is 2. The third-order valence-electron chi connectivity index (χ3n) is 2.41. The number of aliphatic hydroxyl groups is 1. The van der Waals surface area contributed by atoms with E-state index in [0.717, 1.165) is 5.56 Å². The van der Waals surface area contributed by atoms with E-state index in [9.17, 15) is 18.3 Å². The van der Waals surface area contributed by atoms with Crippen LogP contribution < -0.4 is 5.32 Å². The summed E-state index contributed by atoms with van der Waals surface area (Å²) in [6.07, 6.45) is -5.61. The van der Waals surface area contributed by atoms with Crippen LogP contribution in [0.1, 0.15) is 37.1 Å². The van der Waals surface area contributed by atoms with Crippen molar-refractivity contribution in [2.75, 3.05) is 6.54 Å². The van der Waals surface area contributed by atoms with Crippen molar-refractivity contribution in [2.45, 2.75) is 32.2 Å². The SMILES string of the molecule is CC(C)c1ccc(C(O)NCC(F)(F)F)cc1. The molecule has 2 N–H and O–H groups in total. The van der Waals surface area contributed by atoms with Gasteiger partial charge in [0, 0.05) is 0 Å². The largest absolute Gasteiger partial charge is 0.401 e. The van der Waals surface area contributed by atoms with Crippen molar-refractivity contribution >= 4 is 0 Å². The van der Waals surface area contributed by atoms with E-state index in [2.05, 4.69) is 0 Å². The minimum Gasteiger partial charge on any atom is -0.374 e. The molecule has 0 fully saturated rings. The number of halogens is 3. The summed E-state index contributed by atoms with van der Waals surface area (Å²) in [5.74, 6) is 0.351. The zero-order chi connectivity index (χ0) is 13.1. The van der Waals surface area contributed by atoms with Crippen LogP contribution in [-0.2, 0) is 0 Å². The molecule has 1 aromatic rings. The van der Waals surface area contributed by atoms with Crippen molar-refractivity contribution in [1.82, 2.24) is 5.32 Å². The highest BCUT2D eigenvalue weighted by Gasteiger charge is 2.27. The first-order valence-corrected chi connectivity index (χ1v) is 5.37. The van der Waals surface area contributed by atoms with E-state index < -0.39 is 18.9 Å². The summed E-state index contributed by atoms with van der Waals surface area (Å²) in [5, 5.41) is 11.5. The van der Waals surface area contributed by atoms with Crippen LogP contribution in [-0.4, -0.2) is 17.8 Å². The first-order chi connectivity index (χ1) is 7.79. The predicted octanol–water partition coefficient (Wildman–Crippen LogP) is 2.95. The van der Waals surface area contributed by atoms with Crippen molar-refractivity contribution < 1.29 is 18.3 Å². The number of hydrogen-bond acceptors (Lipinski definition) is 2. The Balaban J connectivity index is 2.60. The van der Waals surface area contributed by atoms with Gasteiger partial charge in [-0.15, -0.1) is 0 Å². The Hall–Kier alpha value is -1.07. The van der Waals surface area contributed by atoms with E-state index in [4.69, 9.17) is 0 Å². The van der Waals surface area contributed by atoms with Gasteiger partial charge in [0.05, 0.1) is 6.54 Å². The summed E-state index contributed by atoms with van der Waals surface area (Å²) in [7, 11) is 0. The fourth-order valence-electron chi connectivity index (χ4n) is 1.39. The maximum Gasteiger partial charge on any atom is 0.401 e. The second kappa shape index (κ2) is 5.51. The zero-order valence-electron chi connectivity index (χ0n) is 9.75. The Morgan fingerprint density at radius 3 is 2.00 bits per heavy atom. The van der Waals surface area contributed by atoms with Crippen LogP contribution in [0.25, 0.3) is 0 Å². The smallest absolute Gasteiger partial charge is 0.374 e. The Kier molecular flexibility index (Phi) is 4.54. The molecule has 0 amide bonds. The lowest BCUT2D eigenvalue weighted by molar-refractivity contribution is -0.131. The average Bonchev–Trinajstić information content (AvgIpc) is 2.25. The minimum atomic E-state index is -4.32. The molecule has 1 atom stereocenters. The first kappa shape index (κ1) is 14.0. The molecule has 1 rings (SSSR count). The van der Waals surface area contributed by atoms with Gasteiger partial charge in [-0.05, 0) is 17.0 Å². The molecule has 17 heavy (non-hydrogen) atoms. The molecule has 1 aromatic carbocycles. The maximum atomic E-state index is 11.9. The Labute approximate surface area is 98.5 Å². The molecule has 0 saturated carbocycles. The molecule has 5 heteroatoms. The highest BCUT2D eigenvalue weighted by molar-refractivity contribution is 5.25. The fraction of sp³-hybridized carbons (Fsp3) is 0.500. The highest BCUT2D eigenvalue weighted by Crippen LogP contribution is 2.19. The molecular weight excluding hydrogens is 231 g/mol. The van der Waals surface area contributed by atoms with Gasteiger partial charge in [-0.2, -0.15) is 13.2 Å². The van der Waals surface area contributed by atoms with E-state index in [1.165, 1.54) is 0 Å². The lowest BCUT2D eigenvalue weighted by atomic mass is 10.0. The lowest BCUT2D eigenvalue weighted by Crippen LogP contribution is -2.31. The second-order valence-electron chi connectivity index (χ2n) is 4.22. The quantitative estimate of drug-likeness (QED) is 0.802. The van der Waals surface area contributed by atoms with Crippen molar-refractivity contribution in [3.63, 3.8) is 0 Å². The monoisotopic (exact) mass is 247 g/mol. The summed E-state index contributed by atoms with van der Waals surface area (Å²) in [5.41, 5.74) is 1.51. The molecule has 96 valence electrons. The van der Waals surface area contributed by atoms with Crippen LogP contribution in [0.5, 0.6) is 0 Å². The van der Waals surface area contributed by atoms with Gasteiger partial charge in [0.25, 0.3) is 0 Å². The standard InChI is InChI=1S/C12H16F3NO/c1-8(2)9-3-5-10(6-4-9)11(17)16-7-12(13,14)15/h3-6,8,11,16-17H,7H2,1-2H3. The molecule has 0 bridgehead atoms. The molecular formula is C12H16F3NO. The van der Waals surface area contributed by atoms with Crippen LogP contribution >= 0.6 is 0 Å². The molecule has 0 saturated heterocycles. The van der Waals surface area contributed by atoms with Gasteiger partial charge in [-0.25, -0.2) is 0 Å². The summed E-state index contributed by atoms with van der Waals surface area (Å²) < 4.78 is 35.8. The van der Waals surface area contributed by atoms with Crippen LogP contribution in [0.2, 0.25) is 0 Å². The number of rotatable bonds is 4. The Morgan fingerprint density at radius 1 is 1.12 bits per heavy atom. The van der Waals surface area contributed by atoms with Gasteiger partial charge in [0.1, 0.15) is 6.23 Å². The molecule has 0 aliphatic carbocycles. The van der Waals surface area contributed by atoms with Crippen molar-refractivity contribution in [2.24, 2.45) is 0 Å². The minimum absolute atomic E-state index is 0.351. The third-order valence-corrected chi connectivity index (χ3v) is 2.41. The Morgan fingerprint density at radius 2 is 1.59 bits per heavy atom. The molecule has 0 radical (unpaired) electrons. The summed E-state index contributed by atoms with van der Waals surface area (Å²) >= 11 is 0. The van der Waals surface area contributed by atoms with Crippen LogP contribution in [0.15, 0.2) is 24.3 Å². The molecule has 0 spiro atoms. The van der Waals surface area contributed by atoms with Crippen molar-refractivity contribution in [1.29, 1.82) is 0 Å². The molecule has 2 nitrogen and oxygen atoms in total. The van der Waals surface area contributed by atoms with Crippen LogP contribution in [0.4, 0.5) is 13.2 Å². The molecule has 0 aromatic heterocycles. The summed E-state index contributed by atoms with van der Waals surface area (Å²) in [6.45, 7) is 2.83. The van der Waals surface area contributed by atoms with Gasteiger partial charge in [0.15, 0.2) is 0 Å². The molecule has 0 aliphatic heterocycles. The highest BCUT2D eigenvalue weighted by atomic mass is 19.4. The van der Waals surface area contributed by atoms with Crippen molar-refractivity contribution in [3.05, 3.63) is 35.4 Å². The van der Waals surface area contributed by atoms with E-state index in [0.29, 0.717) is 11.5 Å². The van der Waals surface area contributed by atoms with Gasteiger partial charge < -0.3 is 5.11 Å². The van der Waals surface area contributed by atoms with E-state index in [-0.39, 0.29) is 0 Å². The molecule has 1 unspecified atom stereocenters. The van der Waals surface area contributed by atoms with Crippen molar-refractivity contribution in [3.8, 4) is 0 Å². The maximum absolute atomic E-state index is 11.9. The summed E-state index contributed by atoms with van der Waals surface area (Å²) in [4.78, 5) is 0. The lowest BCUT2D eigenvalue weighted by Gasteiger charge is -2.15. The normalized spacial score (nSPS) is 14.1. The number of benzene rings is 1. The first-order valence-electron chi connectivity index (χ1n) is 5.37. The van der Waals surface area contributed by atoms with E-state index in [1.54, 1.807) is 24.3 Å². The average molecular weight is 247 g/mol. The topological polar surface area (TPSA) is 32.3 Å².